The topological polar surface area (TPSA) is 49.9 Å². The van der Waals surface area contributed by atoms with E-state index < -0.39 is 0 Å². The third-order valence-corrected chi connectivity index (χ3v) is 4.66. The van der Waals surface area contributed by atoms with Gasteiger partial charge in [0.15, 0.2) is 0 Å². The van der Waals surface area contributed by atoms with Crippen molar-refractivity contribution in [1.82, 2.24) is 9.80 Å². The molecule has 2 fully saturated rings. The number of hydrogen-bond donors (Lipinski definition) is 0. The van der Waals surface area contributed by atoms with Crippen molar-refractivity contribution < 1.29 is 14.3 Å². The second-order valence-corrected chi connectivity index (χ2v) is 6.16. The summed E-state index contributed by atoms with van der Waals surface area (Å²) in [6, 6.07) is 0.545. The van der Waals surface area contributed by atoms with Crippen molar-refractivity contribution in [3.8, 4) is 0 Å². The molecule has 1 atom stereocenters. The van der Waals surface area contributed by atoms with Gasteiger partial charge in [0.05, 0.1) is 7.11 Å². The predicted molar refractivity (Wildman–Crippen MR) is 80.9 cm³/mol. The van der Waals surface area contributed by atoms with Crippen LogP contribution in [0.2, 0.25) is 0 Å². The lowest BCUT2D eigenvalue weighted by Gasteiger charge is -2.41. The van der Waals surface area contributed by atoms with Crippen LogP contribution in [0.1, 0.15) is 51.4 Å². The highest BCUT2D eigenvalue weighted by Gasteiger charge is 2.28. The second kappa shape index (κ2) is 8.37. The molecule has 2 saturated heterocycles. The molecule has 5 heteroatoms. The molecule has 1 amide bonds. The normalized spacial score (nSPS) is 23.9. The third-order valence-electron chi connectivity index (χ3n) is 4.66. The molecule has 0 saturated carbocycles. The number of methoxy groups -OCH3 is 1. The van der Waals surface area contributed by atoms with Gasteiger partial charge in [-0.15, -0.1) is 0 Å². The summed E-state index contributed by atoms with van der Waals surface area (Å²) in [5.74, 6) is -0.0340. The van der Waals surface area contributed by atoms with Crippen molar-refractivity contribution in [2.75, 3.05) is 33.3 Å². The van der Waals surface area contributed by atoms with E-state index in [1.54, 1.807) is 0 Å². The molecule has 2 aliphatic heterocycles. The smallest absolute Gasteiger partial charge is 0.305 e. The van der Waals surface area contributed by atoms with E-state index in [-0.39, 0.29) is 11.9 Å². The van der Waals surface area contributed by atoms with Gasteiger partial charge in [-0.25, -0.2) is 0 Å². The van der Waals surface area contributed by atoms with Crippen LogP contribution in [-0.4, -0.2) is 61.0 Å². The van der Waals surface area contributed by atoms with E-state index in [0.717, 1.165) is 19.5 Å². The Labute approximate surface area is 127 Å². The number of rotatable bonds is 5. The average Bonchev–Trinajstić information content (AvgIpc) is 2.55. The number of piperidine rings is 2. The van der Waals surface area contributed by atoms with Crippen molar-refractivity contribution >= 4 is 11.9 Å². The number of ether oxygens (including phenoxy) is 1. The minimum Gasteiger partial charge on any atom is -0.469 e. The van der Waals surface area contributed by atoms with Gasteiger partial charge in [0.25, 0.3) is 0 Å². The lowest BCUT2D eigenvalue weighted by Crippen LogP contribution is -2.51. The fraction of sp³-hybridized carbons (Fsp3) is 0.875. The van der Waals surface area contributed by atoms with Crippen LogP contribution >= 0.6 is 0 Å². The Kier molecular flexibility index (Phi) is 6.49. The van der Waals surface area contributed by atoms with Gasteiger partial charge in [-0.05, 0) is 45.2 Å². The molecule has 0 unspecified atom stereocenters. The number of carbonyl (C=O) groups excluding carboxylic acids is 2. The number of amides is 1. The monoisotopic (exact) mass is 296 g/mol. The van der Waals surface area contributed by atoms with Crippen LogP contribution < -0.4 is 0 Å². The molecule has 2 rings (SSSR count). The van der Waals surface area contributed by atoms with Gasteiger partial charge in [0, 0.05) is 32.0 Å². The fourth-order valence-corrected chi connectivity index (χ4v) is 3.41. The molecule has 0 aromatic rings. The predicted octanol–water partition coefficient (Wildman–Crippen LogP) is 1.81. The van der Waals surface area contributed by atoms with Gasteiger partial charge >= 0.3 is 5.97 Å². The summed E-state index contributed by atoms with van der Waals surface area (Å²) in [7, 11) is 1.39. The van der Waals surface area contributed by atoms with Crippen LogP contribution in [-0.2, 0) is 14.3 Å². The average molecular weight is 296 g/mol. The van der Waals surface area contributed by atoms with Gasteiger partial charge in [0.1, 0.15) is 0 Å². The number of esters is 1. The van der Waals surface area contributed by atoms with E-state index in [9.17, 15) is 9.59 Å². The molecule has 5 nitrogen and oxygen atoms in total. The minimum atomic E-state index is -0.229. The number of hydrogen-bond acceptors (Lipinski definition) is 4. The fourth-order valence-electron chi connectivity index (χ4n) is 3.41. The molecule has 0 radical (unpaired) electrons. The lowest BCUT2D eigenvalue weighted by atomic mass is 10.0. The number of nitrogens with zero attached hydrogens (tertiary/aromatic N) is 2. The second-order valence-electron chi connectivity index (χ2n) is 6.16. The summed E-state index contributed by atoms with van der Waals surface area (Å²) in [6.07, 6.45) is 7.65. The Morgan fingerprint density at radius 1 is 1.05 bits per heavy atom. The van der Waals surface area contributed by atoms with Crippen molar-refractivity contribution in [1.29, 1.82) is 0 Å². The molecule has 0 aromatic carbocycles. The van der Waals surface area contributed by atoms with Crippen LogP contribution in [0, 0.1) is 0 Å². The summed E-state index contributed by atoms with van der Waals surface area (Å²) in [6.45, 7) is 4.13. The largest absolute Gasteiger partial charge is 0.469 e. The highest BCUT2D eigenvalue weighted by atomic mass is 16.5. The SMILES string of the molecule is COC(=O)CCCC(=O)N1CCC[C@H](N2CCCCC2)C1. The van der Waals surface area contributed by atoms with E-state index in [1.807, 2.05) is 4.90 Å². The zero-order valence-electron chi connectivity index (χ0n) is 13.2. The van der Waals surface area contributed by atoms with Gasteiger partial charge in [0.2, 0.25) is 5.91 Å². The van der Waals surface area contributed by atoms with Crippen LogP contribution in [0.15, 0.2) is 0 Å². The summed E-state index contributed by atoms with van der Waals surface area (Å²) in [5.41, 5.74) is 0. The highest BCUT2D eigenvalue weighted by molar-refractivity contribution is 5.77. The Morgan fingerprint density at radius 3 is 2.52 bits per heavy atom. The number of likely N-dealkylation sites (tertiary alicyclic amines) is 2. The standard InChI is InChI=1S/C16H28N2O3/c1-21-16(20)9-5-8-15(19)18-12-6-7-14(13-18)17-10-3-2-4-11-17/h14H,2-13H2,1H3/t14-/m0/s1. The van der Waals surface area contributed by atoms with E-state index >= 15 is 0 Å². The van der Waals surface area contributed by atoms with Crippen molar-refractivity contribution in [3.63, 3.8) is 0 Å². The zero-order chi connectivity index (χ0) is 15.1. The maximum atomic E-state index is 12.3. The van der Waals surface area contributed by atoms with E-state index in [2.05, 4.69) is 9.64 Å². The molecule has 120 valence electrons. The van der Waals surface area contributed by atoms with Gasteiger partial charge in [-0.3, -0.25) is 14.5 Å². The molecule has 0 aromatic heterocycles. The van der Waals surface area contributed by atoms with Crippen LogP contribution in [0.3, 0.4) is 0 Å². The quantitative estimate of drug-likeness (QED) is 0.726. The van der Waals surface area contributed by atoms with Gasteiger partial charge in [-0.1, -0.05) is 6.42 Å². The summed E-state index contributed by atoms with van der Waals surface area (Å²) in [5, 5.41) is 0. The Morgan fingerprint density at radius 2 is 1.81 bits per heavy atom. The maximum absolute atomic E-state index is 12.3. The van der Waals surface area contributed by atoms with Crippen LogP contribution in [0.5, 0.6) is 0 Å². The third kappa shape index (κ3) is 4.99. The highest BCUT2D eigenvalue weighted by Crippen LogP contribution is 2.21. The molecular weight excluding hydrogens is 268 g/mol. The Balaban J connectivity index is 1.74. The van der Waals surface area contributed by atoms with E-state index in [0.29, 0.717) is 25.3 Å². The van der Waals surface area contributed by atoms with Crippen LogP contribution in [0.25, 0.3) is 0 Å². The zero-order valence-corrected chi connectivity index (χ0v) is 13.2. The first-order valence-electron chi connectivity index (χ1n) is 8.29. The first-order valence-corrected chi connectivity index (χ1v) is 8.29. The number of carbonyl (C=O) groups is 2. The first-order chi connectivity index (χ1) is 10.2. The minimum absolute atomic E-state index is 0.195. The van der Waals surface area contributed by atoms with Crippen molar-refractivity contribution in [3.05, 3.63) is 0 Å². The molecular formula is C16H28N2O3. The molecule has 0 bridgehead atoms. The van der Waals surface area contributed by atoms with Gasteiger partial charge in [-0.2, -0.15) is 0 Å². The first kappa shape index (κ1) is 16.3. The summed E-state index contributed by atoms with van der Waals surface area (Å²) >= 11 is 0. The molecule has 0 aliphatic carbocycles. The molecule has 0 spiro atoms. The van der Waals surface area contributed by atoms with Crippen molar-refractivity contribution in [2.24, 2.45) is 0 Å². The Hall–Kier alpha value is -1.10. The molecule has 21 heavy (non-hydrogen) atoms. The van der Waals surface area contributed by atoms with E-state index in [4.69, 9.17) is 0 Å². The summed E-state index contributed by atoms with van der Waals surface area (Å²) in [4.78, 5) is 27.9. The van der Waals surface area contributed by atoms with Crippen molar-refractivity contribution in [2.45, 2.75) is 57.4 Å². The maximum Gasteiger partial charge on any atom is 0.305 e. The molecule has 2 aliphatic rings. The molecule has 0 N–H and O–H groups in total. The van der Waals surface area contributed by atoms with Crippen LogP contribution in [0.4, 0.5) is 0 Å². The summed E-state index contributed by atoms with van der Waals surface area (Å²) < 4.78 is 4.60. The molecule has 2 heterocycles. The Bertz CT molecular complexity index is 353. The lowest BCUT2D eigenvalue weighted by molar-refractivity contribution is -0.141. The van der Waals surface area contributed by atoms with Gasteiger partial charge < -0.3 is 9.64 Å². The van der Waals surface area contributed by atoms with E-state index in [1.165, 1.54) is 45.9 Å².